The van der Waals surface area contributed by atoms with E-state index >= 15 is 0 Å². The van der Waals surface area contributed by atoms with Crippen LogP contribution in [0.4, 0.5) is 5.69 Å². The van der Waals surface area contributed by atoms with E-state index in [4.69, 9.17) is 4.42 Å². The Morgan fingerprint density at radius 3 is 2.49 bits per heavy atom. The fourth-order valence-corrected chi connectivity index (χ4v) is 4.80. The van der Waals surface area contributed by atoms with Gasteiger partial charge in [-0.1, -0.05) is 46.0 Å². The molecule has 4 aromatic rings. The van der Waals surface area contributed by atoms with Crippen LogP contribution in [0.25, 0.3) is 0 Å². The zero-order chi connectivity index (χ0) is 26.4. The predicted molar refractivity (Wildman–Crippen MR) is 148 cm³/mol. The van der Waals surface area contributed by atoms with E-state index in [0.717, 1.165) is 11.1 Å². The smallest absolute Gasteiger partial charge is 0.291 e. The Kier molecular flexibility index (Phi) is 7.92. The minimum absolute atomic E-state index is 0.204. The van der Waals surface area contributed by atoms with Gasteiger partial charge in [0, 0.05) is 45.0 Å². The van der Waals surface area contributed by atoms with Crippen molar-refractivity contribution in [2.45, 2.75) is 17.1 Å². The molecule has 0 aliphatic carbocycles. The fourth-order valence-electron chi connectivity index (χ4n) is 3.31. The van der Waals surface area contributed by atoms with E-state index in [1.807, 2.05) is 12.1 Å². The number of amides is 2. The number of benzene rings is 2. The molecule has 0 aliphatic heterocycles. The Balaban J connectivity index is 1.47. The van der Waals surface area contributed by atoms with Crippen LogP contribution in [0.15, 0.2) is 88.6 Å². The number of pyridine rings is 1. The summed E-state index contributed by atoms with van der Waals surface area (Å²) >= 11 is 3.37. The molecule has 0 spiro atoms. The second-order valence-corrected chi connectivity index (χ2v) is 10.7. The molecule has 0 aliphatic rings. The van der Waals surface area contributed by atoms with Crippen LogP contribution in [0.5, 0.6) is 0 Å². The minimum Gasteiger partial charge on any atom is -0.459 e. The zero-order valence-corrected chi connectivity index (χ0v) is 22.2. The van der Waals surface area contributed by atoms with Crippen LogP contribution in [0, 0.1) is 18.8 Å². The number of anilines is 1. The van der Waals surface area contributed by atoms with Gasteiger partial charge in [0.1, 0.15) is 0 Å². The molecule has 0 saturated heterocycles. The van der Waals surface area contributed by atoms with Gasteiger partial charge in [0.15, 0.2) is 5.76 Å². The van der Waals surface area contributed by atoms with E-state index in [9.17, 15) is 13.8 Å². The highest BCUT2D eigenvalue weighted by Gasteiger charge is 2.15. The number of nitrogens with one attached hydrogen (secondary N) is 2. The Hall–Kier alpha value is -4.13. The van der Waals surface area contributed by atoms with E-state index in [-0.39, 0.29) is 17.2 Å². The molecule has 0 radical (unpaired) electrons. The van der Waals surface area contributed by atoms with Crippen LogP contribution in [0.1, 0.15) is 43.2 Å². The molecule has 7 nitrogen and oxygen atoms in total. The maximum Gasteiger partial charge on any atom is 0.291 e. The number of furan rings is 1. The quantitative estimate of drug-likeness (QED) is 0.192. The van der Waals surface area contributed by atoms with Crippen LogP contribution < -0.4 is 10.0 Å². The van der Waals surface area contributed by atoms with E-state index in [2.05, 4.69) is 48.7 Å². The fraction of sp³-hybridized carbons (Fsp3) is 0.0714. The van der Waals surface area contributed by atoms with Gasteiger partial charge in [-0.15, -0.1) is 0 Å². The van der Waals surface area contributed by atoms with Crippen molar-refractivity contribution in [2.75, 3.05) is 5.32 Å². The molecule has 2 aromatic heterocycles. The number of aryl methyl sites for hydroxylation is 1. The molecule has 37 heavy (non-hydrogen) atoms. The molecular formula is C28H22BrN3O4S. The number of carbonyl (C=O) groups excluding carboxylic acids is 2. The lowest BCUT2D eigenvalue weighted by atomic mass is 10.1. The molecule has 1 atom stereocenters. The van der Waals surface area contributed by atoms with Gasteiger partial charge in [-0.25, -0.2) is 4.21 Å². The normalized spacial score (nSPS) is 12.1. The number of alkyl halides is 1. The lowest BCUT2D eigenvalue weighted by molar-refractivity contribution is 0.0978. The summed E-state index contributed by atoms with van der Waals surface area (Å²) in [5, 5.41) is 3.46. The van der Waals surface area contributed by atoms with Crippen LogP contribution in [-0.2, 0) is 15.0 Å². The average Bonchev–Trinajstić information content (AvgIpc) is 3.33. The summed E-state index contributed by atoms with van der Waals surface area (Å²) in [7, 11) is -3.05. The standard InChI is InChI=1S/C28H22BrN3O4S/c1-19-12-13-36-26(19)28(34)31-24-5-3-4-20(15-24)6-7-22-14-23(18-30-17-22)27(33)32-37(2,35)25-10-8-21(16-29)9-11-25/h3-5,8-15,17-18H,2,16H2,1H3,(H,31,34)(H,32,33,35). The highest BCUT2D eigenvalue weighted by atomic mass is 79.9. The molecule has 2 heterocycles. The largest absolute Gasteiger partial charge is 0.459 e. The van der Waals surface area contributed by atoms with Gasteiger partial charge in [0.25, 0.3) is 11.8 Å². The highest BCUT2D eigenvalue weighted by molar-refractivity contribution is 9.08. The first-order chi connectivity index (χ1) is 17.7. The molecule has 2 N–H and O–H groups in total. The number of nitrogens with zero attached hydrogens (tertiary/aromatic N) is 1. The van der Waals surface area contributed by atoms with Gasteiger partial charge in [-0.3, -0.25) is 19.3 Å². The summed E-state index contributed by atoms with van der Waals surface area (Å²) in [6.07, 6.45) is 4.36. The van der Waals surface area contributed by atoms with Gasteiger partial charge in [-0.2, -0.15) is 0 Å². The Morgan fingerprint density at radius 2 is 1.78 bits per heavy atom. The van der Waals surface area contributed by atoms with Crippen molar-refractivity contribution in [3.8, 4) is 11.8 Å². The van der Waals surface area contributed by atoms with Crippen molar-refractivity contribution in [1.82, 2.24) is 9.71 Å². The second kappa shape index (κ2) is 11.3. The van der Waals surface area contributed by atoms with Crippen molar-refractivity contribution >= 4 is 49.0 Å². The number of hydrogen-bond donors (Lipinski definition) is 2. The zero-order valence-electron chi connectivity index (χ0n) is 19.8. The molecule has 2 aromatic carbocycles. The molecule has 186 valence electrons. The maximum absolute atomic E-state index is 13.0. The van der Waals surface area contributed by atoms with Gasteiger partial charge in [0.2, 0.25) is 0 Å². The number of rotatable bonds is 6. The number of halogens is 1. The molecule has 9 heteroatoms. The molecule has 0 fully saturated rings. The summed E-state index contributed by atoms with van der Waals surface area (Å²) < 4.78 is 20.8. The SMILES string of the molecule is C=S(=O)(NC(=O)c1cncc(C#Cc2cccc(NC(=O)c3occc3C)c2)c1)c1ccc(CBr)cc1. The molecule has 0 bridgehead atoms. The Labute approximate surface area is 223 Å². The van der Waals surface area contributed by atoms with Crippen molar-refractivity contribution in [3.63, 3.8) is 0 Å². The third-order valence-corrected chi connectivity index (χ3v) is 7.45. The van der Waals surface area contributed by atoms with Gasteiger partial charge >= 0.3 is 0 Å². The van der Waals surface area contributed by atoms with E-state index < -0.39 is 15.6 Å². The van der Waals surface area contributed by atoms with Crippen LogP contribution >= 0.6 is 15.9 Å². The van der Waals surface area contributed by atoms with Gasteiger partial charge < -0.3 is 9.73 Å². The van der Waals surface area contributed by atoms with Crippen LogP contribution in [0.2, 0.25) is 0 Å². The van der Waals surface area contributed by atoms with Crippen molar-refractivity contribution < 1.29 is 18.2 Å². The number of carbonyl (C=O) groups is 2. The molecule has 1 unspecified atom stereocenters. The summed E-state index contributed by atoms with van der Waals surface area (Å²) in [6, 6.07) is 17.3. The van der Waals surface area contributed by atoms with E-state index in [0.29, 0.717) is 27.0 Å². The summed E-state index contributed by atoms with van der Waals surface area (Å²) in [6.45, 7) is 1.79. The lowest BCUT2D eigenvalue weighted by Crippen LogP contribution is -2.30. The Bertz CT molecular complexity index is 1630. The average molecular weight is 576 g/mol. The van der Waals surface area contributed by atoms with Crippen molar-refractivity contribution in [3.05, 3.63) is 113 Å². The highest BCUT2D eigenvalue weighted by Crippen LogP contribution is 2.16. The lowest BCUT2D eigenvalue weighted by Gasteiger charge is -2.12. The van der Waals surface area contributed by atoms with Crippen molar-refractivity contribution in [2.24, 2.45) is 0 Å². The molecule has 0 saturated carbocycles. The Morgan fingerprint density at radius 1 is 1.03 bits per heavy atom. The third-order valence-electron chi connectivity index (χ3n) is 5.26. The predicted octanol–water partition coefficient (Wildman–Crippen LogP) is 4.95. The summed E-state index contributed by atoms with van der Waals surface area (Å²) in [5.74, 6) is 9.01. The third kappa shape index (κ3) is 6.55. The summed E-state index contributed by atoms with van der Waals surface area (Å²) in [4.78, 5) is 29.7. The van der Waals surface area contributed by atoms with Gasteiger partial charge in [0.05, 0.1) is 21.5 Å². The number of hydrogen-bond acceptors (Lipinski definition) is 5. The van der Waals surface area contributed by atoms with Crippen molar-refractivity contribution in [1.29, 1.82) is 0 Å². The first-order valence-electron chi connectivity index (χ1n) is 11.0. The van der Waals surface area contributed by atoms with E-state index in [1.54, 1.807) is 55.5 Å². The van der Waals surface area contributed by atoms with Gasteiger partial charge in [-0.05, 0) is 60.8 Å². The molecule has 4 rings (SSSR count). The van der Waals surface area contributed by atoms with E-state index in [1.165, 1.54) is 18.7 Å². The monoisotopic (exact) mass is 575 g/mol. The topological polar surface area (TPSA) is 101 Å². The molecule has 2 amide bonds. The first-order valence-corrected chi connectivity index (χ1v) is 13.9. The summed E-state index contributed by atoms with van der Waals surface area (Å²) in [5.41, 5.74) is 3.67. The first kappa shape index (κ1) is 25.9. The maximum atomic E-state index is 13.0. The minimum atomic E-state index is -3.05. The molecular weight excluding hydrogens is 554 g/mol. The number of aromatic nitrogens is 1. The van der Waals surface area contributed by atoms with Crippen LogP contribution in [-0.4, -0.2) is 26.9 Å². The second-order valence-electron chi connectivity index (χ2n) is 8.06. The van der Waals surface area contributed by atoms with Crippen LogP contribution in [0.3, 0.4) is 0 Å².